The van der Waals surface area contributed by atoms with Crippen molar-refractivity contribution in [1.82, 2.24) is 9.97 Å². The van der Waals surface area contributed by atoms with Gasteiger partial charge < -0.3 is 4.98 Å². The van der Waals surface area contributed by atoms with Gasteiger partial charge in [-0.15, -0.1) is 0 Å². The van der Waals surface area contributed by atoms with E-state index < -0.39 is 0 Å². The van der Waals surface area contributed by atoms with Crippen LogP contribution >= 0.6 is 0 Å². The maximum atomic E-state index is 11.5. The van der Waals surface area contributed by atoms with Crippen molar-refractivity contribution in [3.8, 4) is 6.07 Å². The molecule has 1 N–H and O–H groups in total. The Hall–Kier alpha value is -1.63. The van der Waals surface area contributed by atoms with E-state index in [-0.39, 0.29) is 5.69 Å². The maximum Gasteiger partial charge on any atom is 0.345 e. The van der Waals surface area contributed by atoms with Gasteiger partial charge in [-0.1, -0.05) is 0 Å². The first-order chi connectivity index (χ1) is 9.24. The van der Waals surface area contributed by atoms with Gasteiger partial charge >= 0.3 is 5.69 Å². The predicted molar refractivity (Wildman–Crippen MR) is 69.4 cm³/mol. The molecule has 4 aliphatic carbocycles. The van der Waals surface area contributed by atoms with Crippen LogP contribution in [0.15, 0.2) is 11.0 Å². The van der Waals surface area contributed by atoms with Gasteiger partial charge in [-0.2, -0.15) is 5.26 Å². The van der Waals surface area contributed by atoms with Gasteiger partial charge in [0, 0.05) is 11.6 Å². The van der Waals surface area contributed by atoms with Crippen LogP contribution in [0.3, 0.4) is 0 Å². The Bertz CT molecular complexity index is 585. The van der Waals surface area contributed by atoms with Crippen molar-refractivity contribution in [2.45, 2.75) is 38.0 Å². The van der Waals surface area contributed by atoms with Crippen molar-refractivity contribution in [3.05, 3.63) is 27.9 Å². The highest BCUT2D eigenvalue weighted by molar-refractivity contribution is 5.34. The van der Waals surface area contributed by atoms with Crippen LogP contribution in [0.2, 0.25) is 0 Å². The molecular weight excluding hydrogens is 238 g/mol. The fraction of sp³-hybridized carbons (Fsp3) is 0.667. The van der Waals surface area contributed by atoms with E-state index in [9.17, 15) is 10.1 Å². The van der Waals surface area contributed by atoms with Gasteiger partial charge in [-0.3, -0.25) is 0 Å². The smallest absolute Gasteiger partial charge is 0.308 e. The largest absolute Gasteiger partial charge is 0.345 e. The number of hydrogen-bond donors (Lipinski definition) is 1. The minimum atomic E-state index is -0.317. The molecule has 4 nitrogen and oxygen atoms in total. The Balaban J connectivity index is 1.79. The van der Waals surface area contributed by atoms with Crippen molar-refractivity contribution in [2.75, 3.05) is 0 Å². The minimum absolute atomic E-state index is 0.317. The van der Waals surface area contributed by atoms with Crippen LogP contribution in [0.25, 0.3) is 0 Å². The van der Waals surface area contributed by atoms with E-state index in [2.05, 4.69) is 16.0 Å². The summed E-state index contributed by atoms with van der Waals surface area (Å²) in [4.78, 5) is 18.1. The number of hydrogen-bond acceptors (Lipinski definition) is 3. The van der Waals surface area contributed by atoms with Gasteiger partial charge in [0.05, 0.1) is 11.8 Å². The van der Waals surface area contributed by atoms with Crippen molar-refractivity contribution >= 4 is 0 Å². The molecule has 4 fully saturated rings. The van der Waals surface area contributed by atoms with Crippen LogP contribution in [0.4, 0.5) is 0 Å². The summed E-state index contributed by atoms with van der Waals surface area (Å²) in [5.74, 6) is 3.52. The summed E-state index contributed by atoms with van der Waals surface area (Å²) in [6.07, 6.45) is 8.00. The number of nitrogens with one attached hydrogen (secondary N) is 1. The van der Waals surface area contributed by atoms with Gasteiger partial charge in [0.15, 0.2) is 0 Å². The lowest BCUT2D eigenvalue weighted by atomic mass is 9.51. The van der Waals surface area contributed by atoms with Gasteiger partial charge in [-0.25, -0.2) is 9.78 Å². The van der Waals surface area contributed by atoms with E-state index in [0.717, 1.165) is 17.5 Å². The minimum Gasteiger partial charge on any atom is -0.308 e. The molecule has 0 aromatic carbocycles. The van der Waals surface area contributed by atoms with Gasteiger partial charge in [-0.05, 0) is 55.8 Å². The molecule has 0 radical (unpaired) electrons. The topological polar surface area (TPSA) is 69.5 Å². The number of aromatic amines is 1. The van der Waals surface area contributed by atoms with Crippen LogP contribution in [-0.2, 0) is 0 Å². The monoisotopic (exact) mass is 255 g/mol. The Labute approximate surface area is 111 Å². The Morgan fingerprint density at radius 1 is 1.16 bits per heavy atom. The standard InChI is InChI=1S/C15H17N3O/c16-6-12-7-17-15(19)18-14(12)13-10-2-8-1-9(4-10)5-11(13)3-8/h7-11,13H,1-5H2,(H,17,18,19). The molecule has 1 aromatic heterocycles. The molecule has 19 heavy (non-hydrogen) atoms. The number of nitrogens with zero attached hydrogens (tertiary/aromatic N) is 2. The van der Waals surface area contributed by atoms with E-state index in [1.54, 1.807) is 0 Å². The summed E-state index contributed by atoms with van der Waals surface area (Å²) < 4.78 is 0. The second kappa shape index (κ2) is 3.93. The van der Waals surface area contributed by atoms with Crippen molar-refractivity contribution in [3.63, 3.8) is 0 Å². The summed E-state index contributed by atoms with van der Waals surface area (Å²) in [7, 11) is 0. The summed E-state index contributed by atoms with van der Waals surface area (Å²) in [6.45, 7) is 0. The molecule has 98 valence electrons. The fourth-order valence-corrected chi connectivity index (χ4v) is 5.16. The first-order valence-corrected chi connectivity index (χ1v) is 7.24. The summed E-state index contributed by atoms with van der Waals surface area (Å²) in [5, 5.41) is 9.25. The van der Waals surface area contributed by atoms with Crippen LogP contribution in [-0.4, -0.2) is 9.97 Å². The number of nitriles is 1. The predicted octanol–water partition coefficient (Wildman–Crippen LogP) is 2.18. The molecule has 4 heteroatoms. The summed E-state index contributed by atoms with van der Waals surface area (Å²) in [6, 6.07) is 2.20. The molecule has 5 rings (SSSR count). The van der Waals surface area contributed by atoms with Gasteiger partial charge in [0.25, 0.3) is 0 Å². The molecule has 0 aliphatic heterocycles. The zero-order chi connectivity index (χ0) is 13.0. The van der Waals surface area contributed by atoms with Crippen molar-refractivity contribution < 1.29 is 0 Å². The highest BCUT2D eigenvalue weighted by Gasteiger charge is 2.49. The molecule has 0 spiro atoms. The first-order valence-electron chi connectivity index (χ1n) is 7.24. The van der Waals surface area contributed by atoms with Gasteiger partial charge in [0.1, 0.15) is 6.07 Å². The maximum absolute atomic E-state index is 11.5. The highest BCUT2D eigenvalue weighted by Crippen LogP contribution is 2.59. The number of rotatable bonds is 1. The third-order valence-corrected chi connectivity index (χ3v) is 5.52. The van der Waals surface area contributed by atoms with Crippen LogP contribution in [0.5, 0.6) is 0 Å². The lowest BCUT2D eigenvalue weighted by Crippen LogP contribution is -2.44. The third kappa shape index (κ3) is 1.64. The molecule has 0 saturated heterocycles. The average Bonchev–Trinajstić information content (AvgIpc) is 2.37. The van der Waals surface area contributed by atoms with E-state index in [4.69, 9.17) is 0 Å². The second-order valence-corrected chi connectivity index (χ2v) is 6.58. The van der Waals surface area contributed by atoms with E-state index in [1.807, 2.05) is 0 Å². The molecule has 1 aromatic rings. The zero-order valence-electron chi connectivity index (χ0n) is 10.8. The number of aromatic nitrogens is 2. The SMILES string of the molecule is N#Cc1cnc(=O)[nH]c1C1C2CC3CC(C2)CC1C3. The number of H-pyrrole nitrogens is 1. The first kappa shape index (κ1) is 11.2. The van der Waals surface area contributed by atoms with E-state index in [0.29, 0.717) is 23.3 Å². The molecule has 0 atom stereocenters. The lowest BCUT2D eigenvalue weighted by molar-refractivity contribution is -0.00436. The molecule has 4 aliphatic rings. The van der Waals surface area contributed by atoms with Crippen LogP contribution in [0.1, 0.15) is 49.3 Å². The Morgan fingerprint density at radius 2 is 1.79 bits per heavy atom. The fourth-order valence-electron chi connectivity index (χ4n) is 5.16. The second-order valence-electron chi connectivity index (χ2n) is 6.58. The Kier molecular flexibility index (Phi) is 2.32. The van der Waals surface area contributed by atoms with Crippen molar-refractivity contribution in [1.29, 1.82) is 5.26 Å². The molecule has 1 heterocycles. The van der Waals surface area contributed by atoms with E-state index in [1.165, 1.54) is 38.3 Å². The third-order valence-electron chi connectivity index (χ3n) is 5.52. The van der Waals surface area contributed by atoms with Gasteiger partial charge in [0.2, 0.25) is 0 Å². The summed E-state index contributed by atoms with van der Waals surface area (Å²) >= 11 is 0. The lowest BCUT2D eigenvalue weighted by Gasteiger charge is -2.54. The quantitative estimate of drug-likeness (QED) is 0.836. The van der Waals surface area contributed by atoms with E-state index >= 15 is 0 Å². The molecule has 0 amide bonds. The normalized spacial score (nSPS) is 39.2. The molecular formula is C15H17N3O. The Morgan fingerprint density at radius 3 is 2.37 bits per heavy atom. The molecule has 4 bridgehead atoms. The molecule has 4 saturated carbocycles. The van der Waals surface area contributed by atoms with Crippen molar-refractivity contribution in [2.24, 2.45) is 23.7 Å². The average molecular weight is 255 g/mol. The highest BCUT2D eigenvalue weighted by atomic mass is 16.1. The summed E-state index contributed by atoms with van der Waals surface area (Å²) in [5.41, 5.74) is 1.12. The molecule has 0 unspecified atom stereocenters. The van der Waals surface area contributed by atoms with Crippen LogP contribution < -0.4 is 5.69 Å². The zero-order valence-corrected chi connectivity index (χ0v) is 10.8. The van der Waals surface area contributed by atoms with Crippen LogP contribution in [0, 0.1) is 35.0 Å².